The summed E-state index contributed by atoms with van der Waals surface area (Å²) in [4.78, 5) is 2.52. The van der Waals surface area contributed by atoms with Gasteiger partial charge in [-0.25, -0.2) is 0 Å². The first kappa shape index (κ1) is 29.4. The molecule has 5 aromatic carbocycles. The van der Waals surface area contributed by atoms with Gasteiger partial charge in [0.2, 0.25) is 0 Å². The van der Waals surface area contributed by atoms with Gasteiger partial charge in [-0.1, -0.05) is 94.4 Å². The number of ether oxygens (including phenoxy) is 1. The van der Waals surface area contributed by atoms with Gasteiger partial charge in [0.15, 0.2) is 0 Å². The van der Waals surface area contributed by atoms with E-state index < -0.39 is 0 Å². The minimum Gasteiger partial charge on any atom is -0.457 e. The fourth-order valence-corrected chi connectivity index (χ4v) is 12.9. The van der Waals surface area contributed by atoms with Crippen molar-refractivity contribution in [1.82, 2.24) is 0 Å². The Labute approximate surface area is 297 Å². The van der Waals surface area contributed by atoms with E-state index in [2.05, 4.69) is 148 Å². The van der Waals surface area contributed by atoms with E-state index in [1.54, 1.807) is 0 Å². The zero-order valence-corrected chi connectivity index (χ0v) is 29.9. The summed E-state index contributed by atoms with van der Waals surface area (Å²) in [5.74, 6) is 5.31. The highest BCUT2D eigenvalue weighted by Crippen LogP contribution is 2.89. The predicted octanol–water partition coefficient (Wildman–Crippen LogP) is 12.6. The maximum Gasteiger partial charge on any atom is 0.132 e. The zero-order chi connectivity index (χ0) is 33.6. The smallest absolute Gasteiger partial charge is 0.132 e. The molecule has 2 spiro atoms. The maximum absolute atomic E-state index is 7.01. The standard InChI is InChI=1S/C48H47NO/c1-45(2)22-23-46(3,4)38-27-34(18-20-37(38)45)49(33-14-9-6-10-15-33)35-19-21-40-39(28-35)48(42-25-30-24-32-26-43(48)47(32,42)29-30)44-36(16-11-17-41(44)50-40)31-12-7-5-8-13-31/h5-21,27-28,30,32,42-43H,22-26,29H2,1-4H3. The number of hydrogen-bond acceptors (Lipinski definition) is 2. The molecular formula is C48H47NO. The van der Waals surface area contributed by atoms with Crippen LogP contribution in [0.4, 0.5) is 17.1 Å². The van der Waals surface area contributed by atoms with Crippen LogP contribution in [0.2, 0.25) is 0 Å². The van der Waals surface area contributed by atoms with Crippen LogP contribution >= 0.6 is 0 Å². The molecule has 6 atom stereocenters. The number of nitrogens with zero attached hydrogens (tertiary/aromatic N) is 1. The van der Waals surface area contributed by atoms with Crippen molar-refractivity contribution < 1.29 is 4.74 Å². The van der Waals surface area contributed by atoms with Crippen LogP contribution in [0.5, 0.6) is 11.5 Å². The lowest BCUT2D eigenvalue weighted by Gasteiger charge is -2.77. The molecule has 2 heteroatoms. The molecule has 1 heterocycles. The van der Waals surface area contributed by atoms with Crippen molar-refractivity contribution >= 4 is 17.1 Å². The molecule has 0 radical (unpaired) electrons. The average Bonchev–Trinajstić information content (AvgIpc) is 3.66. The highest BCUT2D eigenvalue weighted by molar-refractivity contribution is 5.82. The molecule has 0 saturated heterocycles. The number of rotatable bonds is 4. The molecule has 5 aliphatic carbocycles. The van der Waals surface area contributed by atoms with Gasteiger partial charge in [-0.2, -0.15) is 0 Å². The van der Waals surface area contributed by atoms with Crippen LogP contribution in [0, 0.1) is 29.1 Å². The van der Waals surface area contributed by atoms with Gasteiger partial charge in [0, 0.05) is 33.6 Å². The molecule has 50 heavy (non-hydrogen) atoms. The van der Waals surface area contributed by atoms with Crippen LogP contribution in [0.15, 0.2) is 115 Å². The van der Waals surface area contributed by atoms with Crippen molar-refractivity contribution in [3.05, 3.63) is 138 Å². The largest absolute Gasteiger partial charge is 0.457 e. The van der Waals surface area contributed by atoms with Gasteiger partial charge in [0.05, 0.1) is 0 Å². The molecule has 2 bridgehead atoms. The fraction of sp³-hybridized carbons (Fsp3) is 0.375. The molecule has 2 nitrogen and oxygen atoms in total. The monoisotopic (exact) mass is 653 g/mol. The van der Waals surface area contributed by atoms with E-state index in [0.29, 0.717) is 17.3 Å². The molecule has 0 aromatic heterocycles. The zero-order valence-electron chi connectivity index (χ0n) is 29.9. The van der Waals surface area contributed by atoms with Gasteiger partial charge in [0.1, 0.15) is 11.5 Å². The summed E-state index contributed by atoms with van der Waals surface area (Å²) in [6.07, 6.45) is 8.06. The lowest BCUT2D eigenvalue weighted by molar-refractivity contribution is -0.234. The number of fused-ring (bicyclic) bond motifs is 8. The van der Waals surface area contributed by atoms with Crippen LogP contribution < -0.4 is 9.64 Å². The second-order valence-corrected chi connectivity index (χ2v) is 18.1. The summed E-state index contributed by atoms with van der Waals surface area (Å²) in [5, 5.41) is 0. The molecular weight excluding hydrogens is 607 g/mol. The summed E-state index contributed by atoms with van der Waals surface area (Å²) < 4.78 is 7.01. The van der Waals surface area contributed by atoms with Crippen LogP contribution in [-0.2, 0) is 16.2 Å². The van der Waals surface area contributed by atoms with Gasteiger partial charge in [-0.15, -0.1) is 0 Å². The van der Waals surface area contributed by atoms with Crippen molar-refractivity contribution in [1.29, 1.82) is 0 Å². The normalized spacial score (nSPS) is 31.0. The minimum absolute atomic E-state index is 0.0265. The molecule has 5 aromatic rings. The Bertz CT molecular complexity index is 2200. The quantitative estimate of drug-likeness (QED) is 0.191. The molecule has 4 saturated carbocycles. The van der Waals surface area contributed by atoms with Crippen LogP contribution in [-0.4, -0.2) is 0 Å². The van der Waals surface area contributed by atoms with Gasteiger partial charge < -0.3 is 9.64 Å². The van der Waals surface area contributed by atoms with Crippen molar-refractivity contribution in [2.75, 3.05) is 4.90 Å². The highest BCUT2D eigenvalue weighted by atomic mass is 16.5. The molecule has 250 valence electrons. The van der Waals surface area contributed by atoms with Crippen molar-refractivity contribution in [2.24, 2.45) is 29.1 Å². The van der Waals surface area contributed by atoms with Gasteiger partial charge in [-0.3, -0.25) is 0 Å². The van der Waals surface area contributed by atoms with Gasteiger partial charge in [-0.05, 0) is 149 Å². The highest BCUT2D eigenvalue weighted by Gasteiger charge is 2.84. The molecule has 4 fully saturated rings. The third kappa shape index (κ3) is 3.56. The van der Waals surface area contributed by atoms with E-state index in [-0.39, 0.29) is 16.2 Å². The van der Waals surface area contributed by atoms with E-state index in [1.165, 1.54) is 89.0 Å². The molecule has 0 amide bonds. The Kier molecular flexibility index (Phi) is 5.72. The van der Waals surface area contributed by atoms with Crippen LogP contribution in [0.25, 0.3) is 11.1 Å². The molecule has 6 aliphatic rings. The first-order valence-electron chi connectivity index (χ1n) is 19.2. The number of anilines is 3. The molecule has 6 unspecified atom stereocenters. The summed E-state index contributed by atoms with van der Waals surface area (Å²) in [6, 6.07) is 43.5. The summed E-state index contributed by atoms with van der Waals surface area (Å²) in [7, 11) is 0. The lowest BCUT2D eigenvalue weighted by atomic mass is 9.26. The van der Waals surface area contributed by atoms with Crippen LogP contribution in [0.1, 0.15) is 88.5 Å². The predicted molar refractivity (Wildman–Crippen MR) is 204 cm³/mol. The Morgan fingerprint density at radius 2 is 1.26 bits per heavy atom. The summed E-state index contributed by atoms with van der Waals surface area (Å²) in [5.41, 5.74) is 13.1. The SMILES string of the molecule is CC1(C)CCC(C)(C)c2cc(N(c3ccccc3)c3ccc4c(c3)C3(c5c(cccc5-c5ccccc5)O4)C4CC5CC6CC3C64C5)ccc21. The van der Waals surface area contributed by atoms with Gasteiger partial charge in [0.25, 0.3) is 0 Å². The van der Waals surface area contributed by atoms with E-state index >= 15 is 0 Å². The fourth-order valence-electron chi connectivity index (χ4n) is 12.9. The third-order valence-electron chi connectivity index (χ3n) is 15.0. The third-order valence-corrected chi connectivity index (χ3v) is 15.0. The topological polar surface area (TPSA) is 12.5 Å². The number of para-hydroxylation sites is 1. The summed E-state index contributed by atoms with van der Waals surface area (Å²) >= 11 is 0. The first-order valence-corrected chi connectivity index (χ1v) is 19.2. The van der Waals surface area contributed by atoms with Crippen molar-refractivity contribution in [2.45, 2.75) is 82.5 Å². The molecule has 11 rings (SSSR count). The van der Waals surface area contributed by atoms with Crippen LogP contribution in [0.3, 0.4) is 0 Å². The second-order valence-electron chi connectivity index (χ2n) is 18.1. The van der Waals surface area contributed by atoms with E-state index in [1.807, 2.05) is 0 Å². The lowest BCUT2D eigenvalue weighted by Crippen LogP contribution is -2.74. The second kappa shape index (κ2) is 9.72. The first-order chi connectivity index (χ1) is 24.2. The van der Waals surface area contributed by atoms with Crippen molar-refractivity contribution in [3.63, 3.8) is 0 Å². The van der Waals surface area contributed by atoms with E-state index in [4.69, 9.17) is 4.74 Å². The maximum atomic E-state index is 7.01. The molecule has 0 N–H and O–H groups in total. The van der Waals surface area contributed by atoms with E-state index in [0.717, 1.165) is 23.3 Å². The van der Waals surface area contributed by atoms with Gasteiger partial charge >= 0.3 is 0 Å². The van der Waals surface area contributed by atoms with E-state index in [9.17, 15) is 0 Å². The average molecular weight is 654 g/mol. The number of benzene rings is 5. The van der Waals surface area contributed by atoms with Crippen molar-refractivity contribution in [3.8, 4) is 22.6 Å². The Morgan fingerprint density at radius 1 is 0.580 bits per heavy atom. The minimum atomic E-state index is -0.0265. The summed E-state index contributed by atoms with van der Waals surface area (Å²) in [6.45, 7) is 9.72. The molecule has 1 aliphatic heterocycles. The Balaban J connectivity index is 1.13. The number of hydrogen-bond donors (Lipinski definition) is 0. The Morgan fingerprint density at radius 3 is 2.02 bits per heavy atom. The Hall–Kier alpha value is -4.30.